The van der Waals surface area contributed by atoms with Gasteiger partial charge in [-0.25, -0.2) is 0 Å². The Hall–Kier alpha value is -1.49. The number of rotatable bonds is 3. The minimum atomic E-state index is 0.691. The quantitative estimate of drug-likeness (QED) is 0.800. The van der Waals surface area contributed by atoms with E-state index >= 15 is 0 Å². The lowest BCUT2D eigenvalue weighted by molar-refractivity contribution is 0.435. The van der Waals surface area contributed by atoms with Gasteiger partial charge in [0.1, 0.15) is 0 Å². The highest BCUT2D eigenvalue weighted by molar-refractivity contribution is 5.54. The molecule has 1 fully saturated rings. The fourth-order valence-corrected chi connectivity index (χ4v) is 2.93. The van der Waals surface area contributed by atoms with Gasteiger partial charge in [0.2, 0.25) is 0 Å². The molecule has 0 N–H and O–H groups in total. The molecule has 0 saturated carbocycles. The maximum absolute atomic E-state index is 8.99. The molecule has 2 rings (SSSR count). The molecular formula is C16H22N2. The molecule has 0 spiro atoms. The predicted molar refractivity (Wildman–Crippen MR) is 75.8 cm³/mol. The van der Waals surface area contributed by atoms with Gasteiger partial charge < -0.3 is 4.90 Å². The number of nitrogens with zero attached hydrogens (tertiary/aromatic N) is 2. The second-order valence-electron chi connectivity index (χ2n) is 5.24. The summed E-state index contributed by atoms with van der Waals surface area (Å²) in [4.78, 5) is 2.54. The second-order valence-corrected chi connectivity index (χ2v) is 5.24. The standard InChI is InChI=1S/C16H22N2/c1-3-6-15-7-4-5-10-18(15)16-9-8-14(12-17)13(2)11-16/h8-9,11,15H,3-7,10H2,1-2H3. The maximum atomic E-state index is 8.99. The van der Waals surface area contributed by atoms with Gasteiger partial charge in [0.15, 0.2) is 0 Å². The van der Waals surface area contributed by atoms with Gasteiger partial charge in [-0.15, -0.1) is 0 Å². The molecule has 1 aliphatic rings. The Bertz CT molecular complexity index is 443. The van der Waals surface area contributed by atoms with E-state index in [4.69, 9.17) is 5.26 Å². The molecule has 1 aromatic carbocycles. The molecule has 1 unspecified atom stereocenters. The van der Waals surface area contributed by atoms with Crippen molar-refractivity contribution in [1.29, 1.82) is 5.26 Å². The zero-order valence-electron chi connectivity index (χ0n) is 11.4. The molecule has 2 heteroatoms. The van der Waals surface area contributed by atoms with Crippen LogP contribution in [-0.4, -0.2) is 12.6 Å². The normalized spacial score (nSPS) is 19.6. The van der Waals surface area contributed by atoms with Crippen molar-refractivity contribution in [1.82, 2.24) is 0 Å². The van der Waals surface area contributed by atoms with Gasteiger partial charge in [-0.3, -0.25) is 0 Å². The Morgan fingerprint density at radius 3 is 2.89 bits per heavy atom. The average molecular weight is 242 g/mol. The van der Waals surface area contributed by atoms with Crippen molar-refractivity contribution in [3.8, 4) is 6.07 Å². The van der Waals surface area contributed by atoms with Gasteiger partial charge in [-0.05, 0) is 56.4 Å². The third-order valence-corrected chi connectivity index (χ3v) is 3.91. The van der Waals surface area contributed by atoms with Crippen LogP contribution in [0.5, 0.6) is 0 Å². The average Bonchev–Trinajstić information content (AvgIpc) is 2.40. The molecule has 2 nitrogen and oxygen atoms in total. The zero-order valence-corrected chi connectivity index (χ0v) is 11.4. The van der Waals surface area contributed by atoms with Crippen LogP contribution in [0, 0.1) is 18.3 Å². The second kappa shape index (κ2) is 5.91. The first-order valence-corrected chi connectivity index (χ1v) is 7.03. The molecule has 1 aliphatic heterocycles. The van der Waals surface area contributed by atoms with E-state index in [1.807, 2.05) is 13.0 Å². The number of aryl methyl sites for hydroxylation is 1. The molecular weight excluding hydrogens is 220 g/mol. The number of hydrogen-bond donors (Lipinski definition) is 0. The fourth-order valence-electron chi connectivity index (χ4n) is 2.93. The molecule has 1 heterocycles. The summed E-state index contributed by atoms with van der Waals surface area (Å²) in [5, 5.41) is 8.99. The summed E-state index contributed by atoms with van der Waals surface area (Å²) >= 11 is 0. The Kier molecular flexibility index (Phi) is 4.25. The van der Waals surface area contributed by atoms with Gasteiger partial charge in [0.05, 0.1) is 11.6 Å². The number of benzene rings is 1. The summed E-state index contributed by atoms with van der Waals surface area (Å²) < 4.78 is 0. The van der Waals surface area contributed by atoms with Crippen molar-refractivity contribution >= 4 is 5.69 Å². The highest BCUT2D eigenvalue weighted by atomic mass is 15.2. The highest BCUT2D eigenvalue weighted by Crippen LogP contribution is 2.28. The molecule has 0 bridgehead atoms. The Morgan fingerprint density at radius 1 is 1.39 bits per heavy atom. The highest BCUT2D eigenvalue weighted by Gasteiger charge is 2.22. The monoisotopic (exact) mass is 242 g/mol. The van der Waals surface area contributed by atoms with Gasteiger partial charge in [0, 0.05) is 18.3 Å². The van der Waals surface area contributed by atoms with Crippen LogP contribution in [-0.2, 0) is 0 Å². The first-order chi connectivity index (χ1) is 8.76. The minimum absolute atomic E-state index is 0.691. The van der Waals surface area contributed by atoms with E-state index in [-0.39, 0.29) is 0 Å². The first-order valence-electron chi connectivity index (χ1n) is 7.03. The lowest BCUT2D eigenvalue weighted by Gasteiger charge is -2.38. The number of anilines is 1. The van der Waals surface area contributed by atoms with Gasteiger partial charge in [-0.1, -0.05) is 13.3 Å². The summed E-state index contributed by atoms with van der Waals surface area (Å²) in [5.74, 6) is 0. The third-order valence-electron chi connectivity index (χ3n) is 3.91. The number of hydrogen-bond acceptors (Lipinski definition) is 2. The maximum Gasteiger partial charge on any atom is 0.0994 e. The largest absolute Gasteiger partial charge is 0.369 e. The van der Waals surface area contributed by atoms with Crippen molar-refractivity contribution < 1.29 is 0 Å². The fraction of sp³-hybridized carbons (Fsp3) is 0.562. The van der Waals surface area contributed by atoms with Crippen molar-refractivity contribution in [2.45, 2.75) is 52.0 Å². The van der Waals surface area contributed by atoms with Crippen molar-refractivity contribution in [2.24, 2.45) is 0 Å². The molecule has 18 heavy (non-hydrogen) atoms. The van der Waals surface area contributed by atoms with E-state index in [2.05, 4.69) is 30.0 Å². The van der Waals surface area contributed by atoms with Crippen LogP contribution in [0.1, 0.15) is 50.2 Å². The Balaban J connectivity index is 2.23. The van der Waals surface area contributed by atoms with Crippen LogP contribution in [0.25, 0.3) is 0 Å². The van der Waals surface area contributed by atoms with E-state index in [0.29, 0.717) is 6.04 Å². The van der Waals surface area contributed by atoms with E-state index in [1.54, 1.807) is 0 Å². The van der Waals surface area contributed by atoms with Gasteiger partial charge >= 0.3 is 0 Å². The van der Waals surface area contributed by atoms with Crippen LogP contribution in [0.4, 0.5) is 5.69 Å². The molecule has 1 saturated heterocycles. The Labute approximate surface area is 110 Å². The summed E-state index contributed by atoms with van der Waals surface area (Å²) in [6.45, 7) is 5.45. The van der Waals surface area contributed by atoms with Crippen LogP contribution in [0.15, 0.2) is 18.2 Å². The lowest BCUT2D eigenvalue weighted by atomic mass is 9.96. The summed E-state index contributed by atoms with van der Waals surface area (Å²) in [6, 6.07) is 9.18. The number of piperidine rings is 1. The van der Waals surface area contributed by atoms with Crippen LogP contribution < -0.4 is 4.90 Å². The summed E-state index contributed by atoms with van der Waals surface area (Å²) in [7, 11) is 0. The number of nitriles is 1. The third kappa shape index (κ3) is 2.67. The van der Waals surface area contributed by atoms with Crippen LogP contribution in [0.2, 0.25) is 0 Å². The molecule has 96 valence electrons. The van der Waals surface area contributed by atoms with E-state index in [0.717, 1.165) is 17.7 Å². The first kappa shape index (κ1) is 13.0. The predicted octanol–water partition coefficient (Wildman–Crippen LogP) is 4.03. The molecule has 0 aliphatic carbocycles. The van der Waals surface area contributed by atoms with E-state index < -0.39 is 0 Å². The lowest BCUT2D eigenvalue weighted by Crippen LogP contribution is -2.39. The van der Waals surface area contributed by atoms with Crippen LogP contribution >= 0.6 is 0 Å². The van der Waals surface area contributed by atoms with Crippen molar-refractivity contribution in [3.05, 3.63) is 29.3 Å². The van der Waals surface area contributed by atoms with Gasteiger partial charge in [-0.2, -0.15) is 5.26 Å². The molecule has 0 radical (unpaired) electrons. The zero-order chi connectivity index (χ0) is 13.0. The minimum Gasteiger partial charge on any atom is -0.369 e. The summed E-state index contributed by atoms with van der Waals surface area (Å²) in [5.41, 5.74) is 3.18. The van der Waals surface area contributed by atoms with Crippen molar-refractivity contribution in [2.75, 3.05) is 11.4 Å². The van der Waals surface area contributed by atoms with Crippen molar-refractivity contribution in [3.63, 3.8) is 0 Å². The van der Waals surface area contributed by atoms with Crippen LogP contribution in [0.3, 0.4) is 0 Å². The van der Waals surface area contributed by atoms with E-state index in [1.165, 1.54) is 37.8 Å². The molecule has 1 atom stereocenters. The molecule has 1 aromatic rings. The topological polar surface area (TPSA) is 27.0 Å². The smallest absolute Gasteiger partial charge is 0.0994 e. The van der Waals surface area contributed by atoms with Gasteiger partial charge in [0.25, 0.3) is 0 Å². The molecule has 0 aromatic heterocycles. The van der Waals surface area contributed by atoms with E-state index in [9.17, 15) is 0 Å². The molecule has 0 amide bonds. The Morgan fingerprint density at radius 2 is 2.22 bits per heavy atom. The summed E-state index contributed by atoms with van der Waals surface area (Å²) in [6.07, 6.45) is 6.48. The SMILES string of the molecule is CCCC1CCCCN1c1ccc(C#N)c(C)c1.